The van der Waals surface area contributed by atoms with Crippen LogP contribution in [0.1, 0.15) is 29.7 Å². The summed E-state index contributed by atoms with van der Waals surface area (Å²) in [6.07, 6.45) is 0. The van der Waals surface area contributed by atoms with E-state index < -0.39 is 0 Å². The van der Waals surface area contributed by atoms with Gasteiger partial charge in [0.05, 0.1) is 23.3 Å². The van der Waals surface area contributed by atoms with Crippen LogP contribution in [0.2, 0.25) is 0 Å². The normalized spacial score (nSPS) is 11.2. The number of nitrogens with one attached hydrogen (secondary N) is 1. The summed E-state index contributed by atoms with van der Waals surface area (Å²) in [6, 6.07) is 17.2. The largest absolute Gasteiger partial charge is 0.378 e. The molecule has 3 nitrogen and oxygen atoms in total. The van der Waals surface area contributed by atoms with Crippen molar-refractivity contribution < 1.29 is 0 Å². The Kier molecular flexibility index (Phi) is 4.40. The quantitative estimate of drug-likeness (QED) is 0.911. The average Bonchev–Trinajstić information content (AvgIpc) is 2.49. The van der Waals surface area contributed by atoms with Gasteiger partial charge in [0.1, 0.15) is 0 Å². The van der Waals surface area contributed by atoms with Crippen LogP contribution in [-0.4, -0.2) is 0 Å². The molecule has 1 atom stereocenters. The smallest absolute Gasteiger partial charge is 0.0992 e. The van der Waals surface area contributed by atoms with E-state index in [1.165, 1.54) is 0 Å². The highest BCUT2D eigenvalue weighted by Crippen LogP contribution is 2.27. The Hall–Kier alpha value is -2.30. The molecule has 98 valence electrons. The second-order valence-electron chi connectivity index (χ2n) is 4.41. The molecule has 2 aromatic rings. The zero-order valence-corrected chi connectivity index (χ0v) is 12.5. The molecule has 0 radical (unpaired) electrons. The van der Waals surface area contributed by atoms with Gasteiger partial charge in [-0.15, -0.1) is 0 Å². The van der Waals surface area contributed by atoms with Crippen LogP contribution in [0.4, 0.5) is 5.69 Å². The number of benzene rings is 2. The van der Waals surface area contributed by atoms with Crippen LogP contribution in [0, 0.1) is 22.7 Å². The van der Waals surface area contributed by atoms with Gasteiger partial charge in [-0.2, -0.15) is 10.5 Å². The van der Waals surface area contributed by atoms with Gasteiger partial charge in [0, 0.05) is 16.2 Å². The summed E-state index contributed by atoms with van der Waals surface area (Å²) in [5.41, 5.74) is 3.22. The van der Waals surface area contributed by atoms with Crippen molar-refractivity contribution in [3.63, 3.8) is 0 Å². The van der Waals surface area contributed by atoms with Gasteiger partial charge in [0.25, 0.3) is 0 Å². The highest BCUT2D eigenvalue weighted by atomic mass is 79.9. The van der Waals surface area contributed by atoms with Crippen LogP contribution in [0.25, 0.3) is 0 Å². The van der Waals surface area contributed by atoms with E-state index in [4.69, 9.17) is 10.5 Å². The fourth-order valence-corrected chi connectivity index (χ4v) is 2.39. The zero-order chi connectivity index (χ0) is 14.5. The van der Waals surface area contributed by atoms with Crippen molar-refractivity contribution in [3.8, 4) is 12.1 Å². The highest BCUT2D eigenvalue weighted by molar-refractivity contribution is 9.10. The van der Waals surface area contributed by atoms with E-state index in [-0.39, 0.29) is 6.04 Å². The fraction of sp³-hybridized carbons (Fsp3) is 0.125. The number of rotatable bonds is 3. The van der Waals surface area contributed by atoms with Gasteiger partial charge >= 0.3 is 0 Å². The maximum atomic E-state index is 8.93. The Morgan fingerprint density at radius 2 is 1.75 bits per heavy atom. The molecular formula is C16H12BrN3. The van der Waals surface area contributed by atoms with Gasteiger partial charge in [-0.3, -0.25) is 0 Å². The second kappa shape index (κ2) is 6.23. The molecule has 0 saturated carbocycles. The molecule has 2 aromatic carbocycles. The SMILES string of the molecule is CC(Nc1ccc(C#N)cc1Br)c1cccc(C#N)c1. The summed E-state index contributed by atoms with van der Waals surface area (Å²) in [5.74, 6) is 0. The molecular weight excluding hydrogens is 314 g/mol. The lowest BCUT2D eigenvalue weighted by Gasteiger charge is -2.17. The second-order valence-corrected chi connectivity index (χ2v) is 5.26. The first-order chi connectivity index (χ1) is 9.63. The lowest BCUT2D eigenvalue weighted by atomic mass is 10.1. The summed E-state index contributed by atoms with van der Waals surface area (Å²) in [6.45, 7) is 2.03. The molecule has 1 unspecified atom stereocenters. The van der Waals surface area contributed by atoms with Crippen molar-refractivity contribution in [1.29, 1.82) is 10.5 Å². The van der Waals surface area contributed by atoms with Gasteiger partial charge in [0.15, 0.2) is 0 Å². The average molecular weight is 326 g/mol. The Morgan fingerprint density at radius 1 is 1.05 bits per heavy atom. The minimum absolute atomic E-state index is 0.0625. The van der Waals surface area contributed by atoms with E-state index in [0.29, 0.717) is 11.1 Å². The monoisotopic (exact) mass is 325 g/mol. The molecule has 1 N–H and O–H groups in total. The van der Waals surface area contributed by atoms with Crippen LogP contribution in [0.15, 0.2) is 46.9 Å². The molecule has 0 spiro atoms. The molecule has 0 amide bonds. The summed E-state index contributed by atoms with van der Waals surface area (Å²) in [7, 11) is 0. The fourth-order valence-electron chi connectivity index (χ4n) is 1.90. The van der Waals surface area contributed by atoms with Crippen LogP contribution < -0.4 is 5.32 Å². The van der Waals surface area contributed by atoms with Gasteiger partial charge in [-0.1, -0.05) is 12.1 Å². The molecule has 0 aromatic heterocycles. The molecule has 4 heteroatoms. The lowest BCUT2D eigenvalue weighted by molar-refractivity contribution is 0.883. The zero-order valence-electron chi connectivity index (χ0n) is 10.9. The third-order valence-corrected chi connectivity index (χ3v) is 3.64. The molecule has 20 heavy (non-hydrogen) atoms. The van der Waals surface area contributed by atoms with Crippen LogP contribution in [0.3, 0.4) is 0 Å². The van der Waals surface area contributed by atoms with Crippen molar-refractivity contribution in [2.45, 2.75) is 13.0 Å². The summed E-state index contributed by atoms with van der Waals surface area (Å²) in [5, 5.41) is 21.1. The minimum Gasteiger partial charge on any atom is -0.378 e. The highest BCUT2D eigenvalue weighted by Gasteiger charge is 2.08. The van der Waals surface area contributed by atoms with Gasteiger partial charge in [-0.25, -0.2) is 0 Å². The van der Waals surface area contributed by atoms with E-state index >= 15 is 0 Å². The molecule has 0 bridgehead atoms. The standard InChI is InChI=1S/C16H12BrN3/c1-11(14-4-2-3-12(7-14)9-18)20-16-6-5-13(10-19)8-15(16)17/h2-8,11,20H,1H3. The summed E-state index contributed by atoms with van der Waals surface area (Å²) in [4.78, 5) is 0. The van der Waals surface area contributed by atoms with Crippen LogP contribution >= 0.6 is 15.9 Å². The third-order valence-electron chi connectivity index (χ3n) is 2.99. The van der Waals surface area contributed by atoms with Crippen molar-refractivity contribution in [1.82, 2.24) is 0 Å². The van der Waals surface area contributed by atoms with E-state index in [2.05, 4.69) is 33.4 Å². The lowest BCUT2D eigenvalue weighted by Crippen LogP contribution is -2.07. The van der Waals surface area contributed by atoms with Crippen molar-refractivity contribution in [2.75, 3.05) is 5.32 Å². The number of anilines is 1. The summed E-state index contributed by atoms with van der Waals surface area (Å²) < 4.78 is 0.847. The summed E-state index contributed by atoms with van der Waals surface area (Å²) >= 11 is 3.45. The number of nitriles is 2. The van der Waals surface area contributed by atoms with Crippen LogP contribution in [0.5, 0.6) is 0 Å². The Morgan fingerprint density at radius 3 is 2.40 bits per heavy atom. The molecule has 0 aliphatic rings. The first-order valence-corrected chi connectivity index (χ1v) is 6.89. The van der Waals surface area contributed by atoms with Crippen molar-refractivity contribution in [2.24, 2.45) is 0 Å². The first kappa shape index (κ1) is 14.1. The molecule has 0 aliphatic heterocycles. The molecule has 0 saturated heterocycles. The Labute approximate surface area is 126 Å². The minimum atomic E-state index is 0.0625. The third kappa shape index (κ3) is 3.17. The van der Waals surface area contributed by atoms with E-state index in [1.54, 1.807) is 18.2 Å². The number of hydrogen-bond acceptors (Lipinski definition) is 3. The Bertz CT molecular complexity index is 710. The molecule has 2 rings (SSSR count). The van der Waals surface area contributed by atoms with Crippen LogP contribution in [-0.2, 0) is 0 Å². The maximum absolute atomic E-state index is 8.93. The predicted octanol–water partition coefficient (Wildman–Crippen LogP) is 4.37. The topological polar surface area (TPSA) is 59.6 Å². The first-order valence-electron chi connectivity index (χ1n) is 6.10. The number of halogens is 1. The maximum Gasteiger partial charge on any atom is 0.0992 e. The predicted molar refractivity (Wildman–Crippen MR) is 82.1 cm³/mol. The number of nitrogens with zero attached hydrogens (tertiary/aromatic N) is 2. The van der Waals surface area contributed by atoms with Crippen molar-refractivity contribution >= 4 is 21.6 Å². The molecule has 0 fully saturated rings. The Balaban J connectivity index is 2.21. The van der Waals surface area contributed by atoms with E-state index in [0.717, 1.165) is 15.7 Å². The molecule has 0 heterocycles. The van der Waals surface area contributed by atoms with Gasteiger partial charge in [-0.05, 0) is 58.7 Å². The van der Waals surface area contributed by atoms with Gasteiger partial charge in [0.2, 0.25) is 0 Å². The van der Waals surface area contributed by atoms with E-state index in [1.807, 2.05) is 31.2 Å². The number of hydrogen-bond donors (Lipinski definition) is 1. The van der Waals surface area contributed by atoms with Crippen molar-refractivity contribution in [3.05, 3.63) is 63.6 Å². The van der Waals surface area contributed by atoms with E-state index in [9.17, 15) is 0 Å². The van der Waals surface area contributed by atoms with Gasteiger partial charge < -0.3 is 5.32 Å². The molecule has 0 aliphatic carbocycles.